The summed E-state index contributed by atoms with van der Waals surface area (Å²) in [5.41, 5.74) is 5.64. The molecule has 1 fully saturated rings. The Hall–Kier alpha value is -1.96. The largest absolute Gasteiger partial charge is 0.368 e. The Morgan fingerprint density at radius 2 is 2.17 bits per heavy atom. The zero-order chi connectivity index (χ0) is 13.1. The predicted molar refractivity (Wildman–Crippen MR) is 66.9 cm³/mol. The number of nitrogens with one attached hydrogen (secondary N) is 1. The number of amides is 1. The van der Waals surface area contributed by atoms with E-state index < -0.39 is 0 Å². The average molecular weight is 251 g/mol. The molecule has 1 amide bonds. The highest BCUT2D eigenvalue weighted by molar-refractivity contribution is 5.78. The minimum absolute atomic E-state index is 0.0242. The molecule has 8 heteroatoms. The van der Waals surface area contributed by atoms with Gasteiger partial charge in [0.2, 0.25) is 17.8 Å². The maximum absolute atomic E-state index is 11.3. The average Bonchev–Trinajstić information content (AvgIpc) is 2.28. The molecule has 0 spiro atoms. The monoisotopic (exact) mass is 251 g/mol. The van der Waals surface area contributed by atoms with Gasteiger partial charge in [0, 0.05) is 27.2 Å². The normalized spacial score (nSPS) is 16.4. The summed E-state index contributed by atoms with van der Waals surface area (Å²) in [7, 11) is 3.68. The first-order valence-corrected chi connectivity index (χ1v) is 5.71. The van der Waals surface area contributed by atoms with Crippen LogP contribution in [0.1, 0.15) is 5.82 Å². The first-order chi connectivity index (χ1) is 8.54. The number of piperazine rings is 1. The fourth-order valence-corrected chi connectivity index (χ4v) is 1.72. The van der Waals surface area contributed by atoms with Crippen LogP contribution in [0.4, 0.5) is 11.9 Å². The Morgan fingerprint density at radius 1 is 1.39 bits per heavy atom. The number of aromatic nitrogens is 3. The van der Waals surface area contributed by atoms with Gasteiger partial charge in [0.1, 0.15) is 5.82 Å². The minimum atomic E-state index is 0.0242. The van der Waals surface area contributed by atoms with Gasteiger partial charge in [0.25, 0.3) is 0 Å². The van der Waals surface area contributed by atoms with Gasteiger partial charge < -0.3 is 16.0 Å². The summed E-state index contributed by atoms with van der Waals surface area (Å²) in [4.78, 5) is 27.4. The fourth-order valence-electron chi connectivity index (χ4n) is 1.72. The SMILES string of the molecule is CN(C)c1nc(N)nc(CN2CCNC(=O)C2)n1. The van der Waals surface area contributed by atoms with Crippen LogP contribution in [-0.2, 0) is 11.3 Å². The fraction of sp³-hybridized carbons (Fsp3) is 0.600. The van der Waals surface area contributed by atoms with Gasteiger partial charge in [0.15, 0.2) is 0 Å². The van der Waals surface area contributed by atoms with Gasteiger partial charge in [-0.15, -0.1) is 0 Å². The van der Waals surface area contributed by atoms with E-state index in [0.29, 0.717) is 31.4 Å². The minimum Gasteiger partial charge on any atom is -0.368 e. The van der Waals surface area contributed by atoms with Gasteiger partial charge in [0.05, 0.1) is 13.1 Å². The van der Waals surface area contributed by atoms with E-state index in [1.165, 1.54) is 0 Å². The molecule has 0 bridgehead atoms. The highest BCUT2D eigenvalue weighted by Gasteiger charge is 2.18. The molecule has 0 saturated carbocycles. The summed E-state index contributed by atoms with van der Waals surface area (Å²) in [6.07, 6.45) is 0. The lowest BCUT2D eigenvalue weighted by Crippen LogP contribution is -2.47. The van der Waals surface area contributed by atoms with Gasteiger partial charge in [-0.25, -0.2) is 0 Å². The first-order valence-electron chi connectivity index (χ1n) is 5.71. The van der Waals surface area contributed by atoms with Gasteiger partial charge >= 0.3 is 0 Å². The van der Waals surface area contributed by atoms with Crippen LogP contribution in [0, 0.1) is 0 Å². The second kappa shape index (κ2) is 5.13. The van der Waals surface area contributed by atoms with Gasteiger partial charge in [-0.1, -0.05) is 0 Å². The van der Waals surface area contributed by atoms with Gasteiger partial charge in [-0.05, 0) is 0 Å². The van der Waals surface area contributed by atoms with E-state index in [1.807, 2.05) is 19.0 Å². The number of nitrogens with zero attached hydrogens (tertiary/aromatic N) is 5. The van der Waals surface area contributed by atoms with E-state index in [0.717, 1.165) is 6.54 Å². The highest BCUT2D eigenvalue weighted by atomic mass is 16.2. The van der Waals surface area contributed by atoms with E-state index in [1.54, 1.807) is 4.90 Å². The van der Waals surface area contributed by atoms with Crippen LogP contribution < -0.4 is 16.0 Å². The molecular weight excluding hydrogens is 234 g/mol. The van der Waals surface area contributed by atoms with Crippen LogP contribution >= 0.6 is 0 Å². The number of carbonyl (C=O) groups is 1. The summed E-state index contributed by atoms with van der Waals surface area (Å²) < 4.78 is 0. The van der Waals surface area contributed by atoms with Crippen molar-refractivity contribution in [3.05, 3.63) is 5.82 Å². The molecule has 2 heterocycles. The Labute approximate surface area is 105 Å². The summed E-state index contributed by atoms with van der Waals surface area (Å²) in [6.45, 7) is 2.30. The quantitative estimate of drug-likeness (QED) is 0.671. The number of nitrogens with two attached hydrogens (primary N) is 1. The lowest BCUT2D eigenvalue weighted by molar-refractivity contribution is -0.124. The summed E-state index contributed by atoms with van der Waals surface area (Å²) in [5, 5.41) is 2.77. The number of carbonyl (C=O) groups excluding carboxylic acids is 1. The van der Waals surface area contributed by atoms with Crippen molar-refractivity contribution in [3.8, 4) is 0 Å². The summed E-state index contributed by atoms with van der Waals surface area (Å²) >= 11 is 0. The predicted octanol–water partition coefficient (Wildman–Crippen LogP) is -1.55. The Balaban J connectivity index is 2.10. The molecule has 0 unspecified atom stereocenters. The molecule has 1 aliphatic rings. The van der Waals surface area contributed by atoms with Crippen LogP contribution in [0.25, 0.3) is 0 Å². The zero-order valence-corrected chi connectivity index (χ0v) is 10.6. The van der Waals surface area contributed by atoms with Crippen LogP contribution in [0.3, 0.4) is 0 Å². The van der Waals surface area contributed by atoms with E-state index >= 15 is 0 Å². The number of rotatable bonds is 3. The van der Waals surface area contributed by atoms with Crippen LogP contribution in [0.2, 0.25) is 0 Å². The molecule has 1 aliphatic heterocycles. The van der Waals surface area contributed by atoms with Crippen molar-refractivity contribution >= 4 is 17.8 Å². The van der Waals surface area contributed by atoms with Crippen LogP contribution in [-0.4, -0.2) is 59.5 Å². The Kier molecular flexibility index (Phi) is 3.56. The molecule has 1 aromatic rings. The second-order valence-electron chi connectivity index (χ2n) is 4.36. The Morgan fingerprint density at radius 3 is 2.83 bits per heavy atom. The van der Waals surface area contributed by atoms with Crippen molar-refractivity contribution in [1.29, 1.82) is 0 Å². The first kappa shape index (κ1) is 12.5. The summed E-state index contributed by atoms with van der Waals surface area (Å²) in [6, 6.07) is 0. The maximum Gasteiger partial charge on any atom is 0.234 e. The smallest absolute Gasteiger partial charge is 0.234 e. The molecule has 0 aromatic carbocycles. The maximum atomic E-state index is 11.3. The van der Waals surface area contributed by atoms with Crippen molar-refractivity contribution in [1.82, 2.24) is 25.2 Å². The highest BCUT2D eigenvalue weighted by Crippen LogP contribution is 2.08. The summed E-state index contributed by atoms with van der Waals surface area (Å²) in [5.74, 6) is 1.33. The van der Waals surface area contributed by atoms with Crippen molar-refractivity contribution in [3.63, 3.8) is 0 Å². The number of anilines is 2. The van der Waals surface area contributed by atoms with E-state index in [9.17, 15) is 4.79 Å². The zero-order valence-electron chi connectivity index (χ0n) is 10.6. The van der Waals surface area contributed by atoms with Crippen LogP contribution in [0.5, 0.6) is 0 Å². The standard InChI is InChI=1S/C10H17N7O/c1-16(2)10-14-7(13-9(11)15-10)5-17-4-3-12-8(18)6-17/h3-6H2,1-2H3,(H,12,18)(H2,11,13,14,15). The van der Waals surface area contributed by atoms with Crippen LogP contribution in [0.15, 0.2) is 0 Å². The lowest BCUT2D eigenvalue weighted by Gasteiger charge is -2.25. The van der Waals surface area contributed by atoms with Crippen molar-refractivity contribution in [2.24, 2.45) is 0 Å². The lowest BCUT2D eigenvalue weighted by atomic mass is 10.3. The molecule has 1 saturated heterocycles. The van der Waals surface area contributed by atoms with E-state index in [-0.39, 0.29) is 11.9 Å². The number of nitrogen functional groups attached to an aromatic ring is 1. The van der Waals surface area contributed by atoms with E-state index in [4.69, 9.17) is 5.73 Å². The third kappa shape index (κ3) is 3.04. The molecule has 18 heavy (non-hydrogen) atoms. The second-order valence-corrected chi connectivity index (χ2v) is 4.36. The molecule has 8 nitrogen and oxygen atoms in total. The van der Waals surface area contributed by atoms with Crippen molar-refractivity contribution in [2.45, 2.75) is 6.54 Å². The molecular formula is C10H17N7O. The molecule has 98 valence electrons. The third-order valence-electron chi connectivity index (χ3n) is 2.57. The van der Waals surface area contributed by atoms with Gasteiger partial charge in [-0.2, -0.15) is 15.0 Å². The Bertz CT molecular complexity index is 448. The van der Waals surface area contributed by atoms with Crippen molar-refractivity contribution < 1.29 is 4.79 Å². The van der Waals surface area contributed by atoms with Gasteiger partial charge in [-0.3, -0.25) is 9.69 Å². The molecule has 0 aliphatic carbocycles. The van der Waals surface area contributed by atoms with Crippen molar-refractivity contribution in [2.75, 3.05) is 44.4 Å². The third-order valence-corrected chi connectivity index (χ3v) is 2.57. The molecule has 1 aromatic heterocycles. The molecule has 2 rings (SSSR count). The number of hydrogen-bond donors (Lipinski definition) is 2. The number of hydrogen-bond acceptors (Lipinski definition) is 7. The van der Waals surface area contributed by atoms with E-state index in [2.05, 4.69) is 20.3 Å². The molecule has 3 N–H and O–H groups in total. The molecule has 0 atom stereocenters. The molecule has 0 radical (unpaired) electrons. The topological polar surface area (TPSA) is 100 Å².